The lowest BCUT2D eigenvalue weighted by Crippen LogP contribution is -2.24. The Hall–Kier alpha value is -2.49. The van der Waals surface area contributed by atoms with Crippen molar-refractivity contribution >= 4 is 23.0 Å². The Morgan fingerprint density at radius 3 is 2.40 bits per heavy atom. The molecule has 0 heterocycles. The highest BCUT2D eigenvalue weighted by molar-refractivity contribution is 5.92. The van der Waals surface area contributed by atoms with E-state index in [0.717, 1.165) is 35.7 Å². The minimum Gasteiger partial charge on any atom is -0.492 e. The van der Waals surface area contributed by atoms with E-state index in [4.69, 9.17) is 4.74 Å². The third kappa shape index (κ3) is 4.75. The summed E-state index contributed by atoms with van der Waals surface area (Å²) in [6.07, 6.45) is 5.62. The first-order chi connectivity index (χ1) is 12.3. The zero-order chi connectivity index (χ0) is 17.5. The molecule has 1 amide bonds. The summed E-state index contributed by atoms with van der Waals surface area (Å²) in [5.41, 5.74) is 2.74. The van der Waals surface area contributed by atoms with Crippen molar-refractivity contribution in [3.8, 4) is 5.75 Å². The van der Waals surface area contributed by atoms with Crippen molar-refractivity contribution in [2.24, 2.45) is 5.92 Å². The maximum Gasteiger partial charge on any atom is 0.227 e. The van der Waals surface area contributed by atoms with Crippen LogP contribution < -0.4 is 15.4 Å². The number of hydrogen-bond donors (Lipinski definition) is 2. The number of ether oxygens (including phenoxy) is 1. The predicted octanol–water partition coefficient (Wildman–Crippen LogP) is 5.35. The Balaban J connectivity index is 1.61. The second-order valence-corrected chi connectivity index (χ2v) is 6.46. The second kappa shape index (κ2) is 8.56. The summed E-state index contributed by atoms with van der Waals surface area (Å²) < 4.78 is 5.63. The molecule has 0 spiro atoms. The fourth-order valence-corrected chi connectivity index (χ4v) is 3.25. The SMILES string of the molecule is CCOc1ccccc1Nc1ccc(NC(=O)C2CCCCC2)cc1. The fourth-order valence-electron chi connectivity index (χ4n) is 3.25. The van der Waals surface area contributed by atoms with Crippen LogP contribution >= 0.6 is 0 Å². The largest absolute Gasteiger partial charge is 0.492 e. The van der Waals surface area contributed by atoms with Gasteiger partial charge in [-0.25, -0.2) is 0 Å². The van der Waals surface area contributed by atoms with Gasteiger partial charge in [0.1, 0.15) is 5.75 Å². The average Bonchev–Trinajstić information content (AvgIpc) is 2.66. The molecular weight excluding hydrogens is 312 g/mol. The van der Waals surface area contributed by atoms with Crippen molar-refractivity contribution < 1.29 is 9.53 Å². The number of hydrogen-bond acceptors (Lipinski definition) is 3. The highest BCUT2D eigenvalue weighted by atomic mass is 16.5. The van der Waals surface area contributed by atoms with Crippen LogP contribution in [-0.4, -0.2) is 12.5 Å². The normalized spacial score (nSPS) is 14.8. The summed E-state index contributed by atoms with van der Waals surface area (Å²) in [6.45, 7) is 2.60. The number of rotatable bonds is 6. The lowest BCUT2D eigenvalue weighted by Gasteiger charge is -2.20. The zero-order valence-corrected chi connectivity index (χ0v) is 14.8. The van der Waals surface area contributed by atoms with Gasteiger partial charge >= 0.3 is 0 Å². The zero-order valence-electron chi connectivity index (χ0n) is 14.8. The first kappa shape index (κ1) is 17.3. The van der Waals surface area contributed by atoms with Crippen LogP contribution in [0.1, 0.15) is 39.0 Å². The highest BCUT2D eigenvalue weighted by Gasteiger charge is 2.20. The summed E-state index contributed by atoms with van der Waals surface area (Å²) in [5.74, 6) is 1.16. The Labute approximate surface area is 149 Å². The maximum atomic E-state index is 12.3. The van der Waals surface area contributed by atoms with Crippen LogP contribution in [0.15, 0.2) is 48.5 Å². The molecule has 0 aliphatic heterocycles. The Morgan fingerprint density at radius 1 is 1.00 bits per heavy atom. The van der Waals surface area contributed by atoms with Gasteiger partial charge in [0.15, 0.2) is 0 Å². The monoisotopic (exact) mass is 338 g/mol. The number of carbonyl (C=O) groups excluding carboxylic acids is 1. The Kier molecular flexibility index (Phi) is 5.94. The smallest absolute Gasteiger partial charge is 0.227 e. The molecule has 2 aromatic rings. The molecule has 0 atom stereocenters. The summed E-state index contributed by atoms with van der Waals surface area (Å²) in [7, 11) is 0. The molecular formula is C21H26N2O2. The van der Waals surface area contributed by atoms with Gasteiger partial charge in [0.05, 0.1) is 12.3 Å². The number of nitrogens with one attached hydrogen (secondary N) is 2. The molecule has 2 N–H and O–H groups in total. The molecule has 3 rings (SSSR count). The molecule has 1 saturated carbocycles. The molecule has 4 nitrogen and oxygen atoms in total. The number of para-hydroxylation sites is 2. The number of carbonyl (C=O) groups is 1. The molecule has 1 aliphatic rings. The molecule has 0 aromatic heterocycles. The minimum absolute atomic E-state index is 0.155. The van der Waals surface area contributed by atoms with Gasteiger partial charge in [-0.3, -0.25) is 4.79 Å². The molecule has 2 aromatic carbocycles. The molecule has 1 fully saturated rings. The predicted molar refractivity (Wildman–Crippen MR) is 103 cm³/mol. The molecule has 25 heavy (non-hydrogen) atoms. The van der Waals surface area contributed by atoms with Crippen LogP contribution in [0.4, 0.5) is 17.1 Å². The van der Waals surface area contributed by atoms with Crippen LogP contribution in [0.2, 0.25) is 0 Å². The number of benzene rings is 2. The third-order valence-corrected chi connectivity index (χ3v) is 4.59. The fraction of sp³-hybridized carbons (Fsp3) is 0.381. The maximum absolute atomic E-state index is 12.3. The summed E-state index contributed by atoms with van der Waals surface area (Å²) in [4.78, 5) is 12.3. The lowest BCUT2D eigenvalue weighted by atomic mass is 9.88. The van der Waals surface area contributed by atoms with Gasteiger partial charge < -0.3 is 15.4 Å². The van der Waals surface area contributed by atoms with Crippen molar-refractivity contribution in [3.63, 3.8) is 0 Å². The quantitative estimate of drug-likeness (QED) is 0.746. The van der Waals surface area contributed by atoms with E-state index in [2.05, 4.69) is 10.6 Å². The van der Waals surface area contributed by atoms with Crippen LogP contribution in [0.5, 0.6) is 5.75 Å². The second-order valence-electron chi connectivity index (χ2n) is 6.46. The molecule has 1 aliphatic carbocycles. The van der Waals surface area contributed by atoms with Gasteiger partial charge in [-0.2, -0.15) is 0 Å². The van der Waals surface area contributed by atoms with E-state index in [-0.39, 0.29) is 11.8 Å². The van der Waals surface area contributed by atoms with Crippen molar-refractivity contribution in [3.05, 3.63) is 48.5 Å². The standard InChI is InChI=1S/C21H26N2O2/c1-2-25-20-11-7-6-10-19(20)22-17-12-14-18(15-13-17)23-21(24)16-8-4-3-5-9-16/h6-7,10-16,22H,2-5,8-9H2,1H3,(H,23,24). The summed E-state index contributed by atoms with van der Waals surface area (Å²) >= 11 is 0. The highest BCUT2D eigenvalue weighted by Crippen LogP contribution is 2.28. The Morgan fingerprint density at radius 2 is 1.68 bits per heavy atom. The van der Waals surface area contributed by atoms with Gasteiger partial charge in [-0.15, -0.1) is 0 Å². The lowest BCUT2D eigenvalue weighted by molar-refractivity contribution is -0.120. The number of amides is 1. The topological polar surface area (TPSA) is 50.4 Å². The van der Waals surface area contributed by atoms with Gasteiger partial charge in [-0.05, 0) is 56.2 Å². The van der Waals surface area contributed by atoms with E-state index in [1.165, 1.54) is 19.3 Å². The van der Waals surface area contributed by atoms with Gasteiger partial charge in [0.2, 0.25) is 5.91 Å². The van der Waals surface area contributed by atoms with E-state index in [9.17, 15) is 4.79 Å². The minimum atomic E-state index is 0.155. The summed E-state index contributed by atoms with van der Waals surface area (Å²) in [5, 5.41) is 6.41. The average molecular weight is 338 g/mol. The number of anilines is 3. The van der Waals surface area contributed by atoms with Crippen LogP contribution in [-0.2, 0) is 4.79 Å². The van der Waals surface area contributed by atoms with E-state index in [1.54, 1.807) is 0 Å². The van der Waals surface area contributed by atoms with Gasteiger partial charge in [-0.1, -0.05) is 31.4 Å². The van der Waals surface area contributed by atoms with Crippen LogP contribution in [0, 0.1) is 5.92 Å². The molecule has 4 heteroatoms. The molecule has 0 radical (unpaired) electrons. The molecule has 0 unspecified atom stereocenters. The van der Waals surface area contributed by atoms with E-state index >= 15 is 0 Å². The van der Waals surface area contributed by atoms with Gasteiger partial charge in [0, 0.05) is 17.3 Å². The van der Waals surface area contributed by atoms with Crippen molar-refractivity contribution in [2.45, 2.75) is 39.0 Å². The van der Waals surface area contributed by atoms with Crippen molar-refractivity contribution in [1.82, 2.24) is 0 Å². The molecule has 0 saturated heterocycles. The molecule has 0 bridgehead atoms. The van der Waals surface area contributed by atoms with Crippen LogP contribution in [0.3, 0.4) is 0 Å². The van der Waals surface area contributed by atoms with E-state index in [1.807, 2.05) is 55.5 Å². The van der Waals surface area contributed by atoms with Crippen molar-refractivity contribution in [1.29, 1.82) is 0 Å². The van der Waals surface area contributed by atoms with Gasteiger partial charge in [0.25, 0.3) is 0 Å². The third-order valence-electron chi connectivity index (χ3n) is 4.59. The van der Waals surface area contributed by atoms with Crippen molar-refractivity contribution in [2.75, 3.05) is 17.2 Å². The first-order valence-electron chi connectivity index (χ1n) is 9.16. The van der Waals surface area contributed by atoms with Crippen LogP contribution in [0.25, 0.3) is 0 Å². The van der Waals surface area contributed by atoms with E-state index < -0.39 is 0 Å². The van der Waals surface area contributed by atoms with E-state index in [0.29, 0.717) is 6.61 Å². The molecule has 132 valence electrons. The Bertz CT molecular complexity index is 691. The first-order valence-corrected chi connectivity index (χ1v) is 9.16. The summed E-state index contributed by atoms with van der Waals surface area (Å²) in [6, 6.07) is 15.7.